The standard InChI is InChI=1S/C12H12O2.C5H9Br/c1-2-3-4-7-10-8-5-6-9-11(10)12(13)14;1-2-3-4-5-6/h1,5-6,8-9H,3-4,7H2,(H,13,14);2H,1,3-5H2. The SMILES string of the molecule is C#CCCCc1ccccc1C(=O)O.C=CCCCBr. The number of carbonyl (C=O) groups is 1. The number of benzene rings is 1. The fourth-order valence-electron chi connectivity index (χ4n) is 1.55. The smallest absolute Gasteiger partial charge is 0.335 e. The van der Waals surface area contributed by atoms with Crippen LogP contribution >= 0.6 is 15.9 Å². The van der Waals surface area contributed by atoms with Crippen molar-refractivity contribution >= 4 is 21.9 Å². The van der Waals surface area contributed by atoms with Gasteiger partial charge in [0.05, 0.1) is 5.56 Å². The highest BCUT2D eigenvalue weighted by Gasteiger charge is 2.07. The largest absolute Gasteiger partial charge is 0.478 e. The third-order valence-electron chi connectivity index (χ3n) is 2.56. The van der Waals surface area contributed by atoms with Crippen molar-refractivity contribution in [3.05, 3.63) is 48.0 Å². The molecule has 0 amide bonds. The number of carboxylic acids is 1. The van der Waals surface area contributed by atoms with Crippen molar-refractivity contribution < 1.29 is 9.90 Å². The molecule has 0 aliphatic carbocycles. The molecule has 0 fully saturated rings. The maximum absolute atomic E-state index is 10.8. The highest BCUT2D eigenvalue weighted by atomic mass is 79.9. The summed E-state index contributed by atoms with van der Waals surface area (Å²) in [6.45, 7) is 3.58. The quantitative estimate of drug-likeness (QED) is 0.339. The summed E-state index contributed by atoms with van der Waals surface area (Å²) in [4.78, 5) is 10.8. The average molecular weight is 337 g/mol. The van der Waals surface area contributed by atoms with Crippen molar-refractivity contribution in [3.8, 4) is 12.3 Å². The van der Waals surface area contributed by atoms with Gasteiger partial charge in [-0.25, -0.2) is 4.79 Å². The second-order valence-corrected chi connectivity index (χ2v) is 4.93. The lowest BCUT2D eigenvalue weighted by molar-refractivity contribution is 0.0695. The van der Waals surface area contributed by atoms with Gasteiger partial charge in [-0.05, 0) is 37.3 Å². The van der Waals surface area contributed by atoms with Gasteiger partial charge < -0.3 is 5.11 Å². The van der Waals surface area contributed by atoms with Crippen molar-refractivity contribution in [1.82, 2.24) is 0 Å². The summed E-state index contributed by atoms with van der Waals surface area (Å²) in [6.07, 6.45) is 11.6. The molecule has 108 valence electrons. The maximum atomic E-state index is 10.8. The van der Waals surface area contributed by atoms with Crippen molar-refractivity contribution in [2.45, 2.75) is 32.1 Å². The monoisotopic (exact) mass is 336 g/mol. The number of alkyl halides is 1. The van der Waals surface area contributed by atoms with Gasteiger partial charge in [0.15, 0.2) is 0 Å². The number of aryl methyl sites for hydroxylation is 1. The summed E-state index contributed by atoms with van der Waals surface area (Å²) in [5.41, 5.74) is 1.24. The lowest BCUT2D eigenvalue weighted by atomic mass is 10.0. The van der Waals surface area contributed by atoms with Crippen LogP contribution in [0.25, 0.3) is 0 Å². The van der Waals surface area contributed by atoms with E-state index in [-0.39, 0.29) is 0 Å². The van der Waals surface area contributed by atoms with Gasteiger partial charge in [-0.15, -0.1) is 18.9 Å². The lowest BCUT2D eigenvalue weighted by Gasteiger charge is -2.03. The molecule has 0 aromatic heterocycles. The van der Waals surface area contributed by atoms with E-state index in [4.69, 9.17) is 11.5 Å². The molecule has 0 unspecified atom stereocenters. The minimum Gasteiger partial charge on any atom is -0.478 e. The van der Waals surface area contributed by atoms with Crippen LogP contribution < -0.4 is 0 Å². The number of allylic oxidation sites excluding steroid dienone is 1. The Morgan fingerprint density at radius 2 is 2.10 bits per heavy atom. The Balaban J connectivity index is 0.000000511. The van der Waals surface area contributed by atoms with Crippen molar-refractivity contribution in [1.29, 1.82) is 0 Å². The number of halogens is 1. The summed E-state index contributed by atoms with van der Waals surface area (Å²) in [5, 5.41) is 9.98. The van der Waals surface area contributed by atoms with Crippen LogP contribution in [0.1, 0.15) is 41.6 Å². The van der Waals surface area contributed by atoms with E-state index in [0.29, 0.717) is 12.0 Å². The van der Waals surface area contributed by atoms with E-state index in [9.17, 15) is 4.79 Å². The van der Waals surface area contributed by atoms with Gasteiger partial charge >= 0.3 is 5.97 Å². The van der Waals surface area contributed by atoms with E-state index in [1.165, 1.54) is 6.42 Å². The molecule has 3 heteroatoms. The molecule has 1 N–H and O–H groups in total. The number of unbranched alkanes of at least 4 members (excludes halogenated alkanes) is 2. The van der Waals surface area contributed by atoms with Gasteiger partial charge in [0.1, 0.15) is 0 Å². The molecule has 0 radical (unpaired) electrons. The first-order valence-corrected chi connectivity index (χ1v) is 7.71. The van der Waals surface area contributed by atoms with Gasteiger partial charge in [-0.2, -0.15) is 0 Å². The zero-order chi connectivity index (χ0) is 15.2. The number of aromatic carboxylic acids is 1. The summed E-state index contributed by atoms with van der Waals surface area (Å²) < 4.78 is 0. The van der Waals surface area contributed by atoms with E-state index >= 15 is 0 Å². The number of hydrogen-bond donors (Lipinski definition) is 1. The molecule has 2 nitrogen and oxygen atoms in total. The third-order valence-corrected chi connectivity index (χ3v) is 3.12. The van der Waals surface area contributed by atoms with Crippen molar-refractivity contribution in [2.75, 3.05) is 5.33 Å². The van der Waals surface area contributed by atoms with Crippen LogP contribution in [0.2, 0.25) is 0 Å². The predicted octanol–water partition coefficient (Wildman–Crippen LogP) is 4.69. The molecule has 0 saturated heterocycles. The first kappa shape index (κ1) is 18.5. The lowest BCUT2D eigenvalue weighted by Crippen LogP contribution is -2.01. The molecular formula is C17H21BrO2. The fourth-order valence-corrected chi connectivity index (χ4v) is 1.87. The normalized spacial score (nSPS) is 9.00. The van der Waals surface area contributed by atoms with Gasteiger partial charge in [-0.1, -0.05) is 40.2 Å². The Kier molecular flexibility index (Phi) is 11.5. The molecule has 1 aromatic rings. The minimum atomic E-state index is -0.874. The van der Waals surface area contributed by atoms with E-state index in [0.717, 1.165) is 30.2 Å². The van der Waals surface area contributed by atoms with Gasteiger partial charge in [0, 0.05) is 11.8 Å². The highest BCUT2D eigenvalue weighted by Crippen LogP contribution is 2.11. The Bertz CT molecular complexity index is 447. The van der Waals surface area contributed by atoms with Crippen LogP contribution in [-0.2, 0) is 6.42 Å². The van der Waals surface area contributed by atoms with Gasteiger partial charge in [0.25, 0.3) is 0 Å². The molecular weight excluding hydrogens is 316 g/mol. The Hall–Kier alpha value is -1.53. The van der Waals surface area contributed by atoms with Crippen molar-refractivity contribution in [3.63, 3.8) is 0 Å². The first-order valence-electron chi connectivity index (χ1n) is 6.58. The van der Waals surface area contributed by atoms with Gasteiger partial charge in [0.2, 0.25) is 0 Å². The van der Waals surface area contributed by atoms with Crippen LogP contribution in [0, 0.1) is 12.3 Å². The average Bonchev–Trinajstić information content (AvgIpc) is 2.46. The van der Waals surface area contributed by atoms with E-state index in [1.807, 2.05) is 18.2 Å². The maximum Gasteiger partial charge on any atom is 0.335 e. The topological polar surface area (TPSA) is 37.3 Å². The minimum absolute atomic E-state index is 0.379. The fraction of sp³-hybridized carbons (Fsp3) is 0.353. The number of carboxylic acid groups (broad SMARTS) is 1. The second kappa shape index (κ2) is 12.5. The first-order chi connectivity index (χ1) is 9.67. The molecule has 0 aliphatic rings. The molecule has 1 rings (SSSR count). The van der Waals surface area contributed by atoms with Crippen LogP contribution in [0.3, 0.4) is 0 Å². The van der Waals surface area contributed by atoms with E-state index < -0.39 is 5.97 Å². The predicted molar refractivity (Wildman–Crippen MR) is 88.4 cm³/mol. The van der Waals surface area contributed by atoms with Gasteiger partial charge in [-0.3, -0.25) is 0 Å². The van der Waals surface area contributed by atoms with E-state index in [1.54, 1.807) is 12.1 Å². The Morgan fingerprint density at radius 1 is 1.40 bits per heavy atom. The van der Waals surface area contributed by atoms with Crippen LogP contribution in [0.5, 0.6) is 0 Å². The van der Waals surface area contributed by atoms with E-state index in [2.05, 4.69) is 28.4 Å². The molecule has 0 bridgehead atoms. The molecule has 0 atom stereocenters. The summed E-state index contributed by atoms with van der Waals surface area (Å²) in [5.74, 6) is 1.67. The summed E-state index contributed by atoms with van der Waals surface area (Å²) >= 11 is 3.30. The molecule has 20 heavy (non-hydrogen) atoms. The van der Waals surface area contributed by atoms with Crippen LogP contribution in [-0.4, -0.2) is 16.4 Å². The van der Waals surface area contributed by atoms with Crippen molar-refractivity contribution in [2.24, 2.45) is 0 Å². The summed E-state index contributed by atoms with van der Waals surface area (Å²) in [7, 11) is 0. The number of hydrogen-bond acceptors (Lipinski definition) is 1. The number of rotatable bonds is 7. The van der Waals surface area contributed by atoms with Crippen LogP contribution in [0.15, 0.2) is 36.9 Å². The Morgan fingerprint density at radius 3 is 2.60 bits per heavy atom. The molecule has 1 aromatic carbocycles. The molecule has 0 spiro atoms. The zero-order valence-corrected chi connectivity index (χ0v) is 13.2. The highest BCUT2D eigenvalue weighted by molar-refractivity contribution is 9.09. The second-order valence-electron chi connectivity index (χ2n) is 4.14. The molecule has 0 saturated carbocycles. The Labute approximate surface area is 130 Å². The number of terminal acetylenes is 1. The molecule has 0 aliphatic heterocycles. The summed E-state index contributed by atoms with van der Waals surface area (Å²) in [6, 6.07) is 7.03. The van der Waals surface area contributed by atoms with Crippen LogP contribution in [0.4, 0.5) is 0 Å². The zero-order valence-electron chi connectivity index (χ0n) is 11.6. The third kappa shape index (κ3) is 8.55. The molecule has 0 heterocycles.